The van der Waals surface area contributed by atoms with E-state index in [0.717, 1.165) is 5.82 Å². The van der Waals surface area contributed by atoms with Crippen LogP contribution in [-0.2, 0) is 0 Å². The highest BCUT2D eigenvalue weighted by Crippen LogP contribution is 2.18. The first kappa shape index (κ1) is 6.41. The maximum atomic E-state index is 11.0. The molecule has 64 valence electrons. The van der Waals surface area contributed by atoms with Gasteiger partial charge in [0, 0.05) is 0 Å². The second-order valence-electron chi connectivity index (χ2n) is 2.68. The van der Waals surface area contributed by atoms with E-state index in [1.807, 2.05) is 12.1 Å². The van der Waals surface area contributed by atoms with Crippen LogP contribution in [0.4, 0.5) is 11.8 Å². The zero-order valence-corrected chi connectivity index (χ0v) is 6.48. The molecule has 0 radical (unpaired) electrons. The van der Waals surface area contributed by atoms with Gasteiger partial charge in [0.25, 0.3) is 0 Å². The van der Waals surface area contributed by atoms with Gasteiger partial charge in [-0.15, -0.1) is 0 Å². The highest BCUT2D eigenvalue weighted by Gasteiger charge is 2.13. The lowest BCUT2D eigenvalue weighted by atomic mass is 10.4. The van der Waals surface area contributed by atoms with Crippen LogP contribution in [0.3, 0.4) is 0 Å². The Morgan fingerprint density at radius 3 is 3.08 bits per heavy atom. The van der Waals surface area contributed by atoms with Gasteiger partial charge in [0.15, 0.2) is 0 Å². The molecule has 2 aromatic rings. The summed E-state index contributed by atoms with van der Waals surface area (Å²) in [5.74, 6) is 1.30. The molecule has 6 nitrogen and oxygen atoms in total. The summed E-state index contributed by atoms with van der Waals surface area (Å²) >= 11 is 0. The zero-order chi connectivity index (χ0) is 8.84. The number of rotatable bonds is 0. The van der Waals surface area contributed by atoms with E-state index in [2.05, 4.69) is 20.8 Å². The molecule has 0 bridgehead atoms. The summed E-state index contributed by atoms with van der Waals surface area (Å²) in [5, 5.41) is 0. The van der Waals surface area contributed by atoms with Gasteiger partial charge in [-0.25, -0.2) is 9.20 Å². The summed E-state index contributed by atoms with van der Waals surface area (Å²) in [6.45, 7) is 0. The Kier molecular flexibility index (Phi) is 0.974. The maximum absolute atomic E-state index is 11.0. The van der Waals surface area contributed by atoms with Crippen molar-refractivity contribution in [2.24, 2.45) is 0 Å². The van der Waals surface area contributed by atoms with E-state index < -0.39 is 5.69 Å². The van der Waals surface area contributed by atoms with Gasteiger partial charge >= 0.3 is 5.69 Å². The van der Waals surface area contributed by atoms with Crippen LogP contribution < -0.4 is 16.5 Å². The number of nitrogens with zero attached hydrogens (tertiary/aromatic N) is 3. The summed E-state index contributed by atoms with van der Waals surface area (Å²) in [6.07, 6.45) is 0. The molecule has 2 aromatic heterocycles. The van der Waals surface area contributed by atoms with E-state index in [0.29, 0.717) is 11.6 Å². The smallest absolute Gasteiger partial charge is 0.283 e. The molecule has 0 fully saturated rings. The molecule has 0 saturated heterocycles. The van der Waals surface area contributed by atoms with Crippen LogP contribution in [0, 0.1) is 0 Å². The average Bonchev–Trinajstić information content (AvgIpc) is 2.50. The maximum Gasteiger partial charge on any atom is 0.372 e. The first-order valence-electron chi connectivity index (χ1n) is 3.76. The van der Waals surface area contributed by atoms with Crippen LogP contribution in [0.5, 0.6) is 0 Å². The van der Waals surface area contributed by atoms with Crippen molar-refractivity contribution < 1.29 is 0 Å². The largest absolute Gasteiger partial charge is 0.372 e. The van der Waals surface area contributed by atoms with Crippen LogP contribution in [-0.4, -0.2) is 14.4 Å². The molecule has 13 heavy (non-hydrogen) atoms. The number of hydrazine groups is 1. The second kappa shape index (κ2) is 1.98. The standard InChI is InChI=1S/C7H5N5O/c13-7-8-4-2-1-3-5-10-11-6(9-7)12(4)5/h1-3,10H,(H,9,11,13). The topological polar surface area (TPSA) is 71.3 Å². The Balaban J connectivity index is 2.61. The molecule has 3 heterocycles. The van der Waals surface area contributed by atoms with Crippen molar-refractivity contribution in [2.75, 3.05) is 10.9 Å². The Labute approximate surface area is 72.2 Å². The summed E-state index contributed by atoms with van der Waals surface area (Å²) < 4.78 is 1.74. The summed E-state index contributed by atoms with van der Waals surface area (Å²) in [4.78, 5) is 18.4. The van der Waals surface area contributed by atoms with E-state index >= 15 is 0 Å². The van der Waals surface area contributed by atoms with E-state index in [1.54, 1.807) is 10.5 Å². The third-order valence-corrected chi connectivity index (χ3v) is 1.90. The fraction of sp³-hybridized carbons (Fsp3) is 0. The molecule has 0 saturated carbocycles. The molecule has 0 unspecified atom stereocenters. The molecule has 0 amide bonds. The van der Waals surface area contributed by atoms with Gasteiger partial charge in [-0.3, -0.25) is 10.9 Å². The normalized spacial score (nSPS) is 12.6. The SMILES string of the molecule is O=c1nc2n3c(cccc3n1)NN2. The lowest BCUT2D eigenvalue weighted by Gasteiger charge is -1.97. The Bertz CT molecular complexity index is 546. The van der Waals surface area contributed by atoms with Crippen molar-refractivity contribution in [3.05, 3.63) is 28.7 Å². The third-order valence-electron chi connectivity index (χ3n) is 1.90. The van der Waals surface area contributed by atoms with Gasteiger partial charge in [-0.05, 0) is 12.1 Å². The van der Waals surface area contributed by atoms with Crippen molar-refractivity contribution in [1.82, 2.24) is 14.4 Å². The van der Waals surface area contributed by atoms with Crippen LogP contribution >= 0.6 is 0 Å². The molecule has 0 aliphatic carbocycles. The van der Waals surface area contributed by atoms with E-state index in [1.165, 1.54) is 0 Å². The van der Waals surface area contributed by atoms with E-state index in [4.69, 9.17) is 0 Å². The van der Waals surface area contributed by atoms with Crippen molar-refractivity contribution in [2.45, 2.75) is 0 Å². The Morgan fingerprint density at radius 1 is 1.23 bits per heavy atom. The molecule has 0 atom stereocenters. The zero-order valence-electron chi connectivity index (χ0n) is 6.48. The van der Waals surface area contributed by atoms with Gasteiger partial charge in [0.2, 0.25) is 5.95 Å². The molecule has 1 aliphatic heterocycles. The number of anilines is 2. The van der Waals surface area contributed by atoms with Gasteiger partial charge in [0.1, 0.15) is 11.5 Å². The molecule has 0 aromatic carbocycles. The second-order valence-corrected chi connectivity index (χ2v) is 2.68. The van der Waals surface area contributed by atoms with Gasteiger partial charge in [-0.2, -0.15) is 9.97 Å². The first-order valence-corrected chi connectivity index (χ1v) is 3.76. The predicted molar refractivity (Wildman–Crippen MR) is 46.5 cm³/mol. The number of pyridine rings is 1. The fourth-order valence-corrected chi connectivity index (χ4v) is 1.37. The van der Waals surface area contributed by atoms with Crippen LogP contribution in [0.25, 0.3) is 5.65 Å². The fourth-order valence-electron chi connectivity index (χ4n) is 1.37. The summed E-state index contributed by atoms with van der Waals surface area (Å²) in [5.41, 5.74) is 5.75. The van der Waals surface area contributed by atoms with Crippen LogP contribution in [0.2, 0.25) is 0 Å². The number of nitrogens with one attached hydrogen (secondary N) is 2. The highest BCUT2D eigenvalue weighted by atomic mass is 16.1. The van der Waals surface area contributed by atoms with Crippen molar-refractivity contribution >= 4 is 17.4 Å². The van der Waals surface area contributed by atoms with Crippen molar-refractivity contribution in [3.8, 4) is 0 Å². The Hall–Kier alpha value is -2.11. The van der Waals surface area contributed by atoms with Gasteiger partial charge in [-0.1, -0.05) is 6.07 Å². The predicted octanol–water partition coefficient (Wildman–Crippen LogP) is -0.158. The molecule has 3 rings (SSSR count). The number of hydrogen-bond donors (Lipinski definition) is 2. The van der Waals surface area contributed by atoms with Crippen molar-refractivity contribution in [3.63, 3.8) is 0 Å². The summed E-state index contributed by atoms with van der Waals surface area (Å²) in [6, 6.07) is 5.44. The Morgan fingerprint density at radius 2 is 2.15 bits per heavy atom. The molecule has 0 spiro atoms. The number of aromatic nitrogens is 3. The van der Waals surface area contributed by atoms with Gasteiger partial charge < -0.3 is 0 Å². The van der Waals surface area contributed by atoms with Crippen LogP contribution in [0.15, 0.2) is 23.0 Å². The molecule has 1 aliphatic rings. The monoisotopic (exact) mass is 175 g/mol. The molecule has 6 heteroatoms. The third kappa shape index (κ3) is 0.738. The first-order chi connectivity index (χ1) is 6.34. The minimum absolute atomic E-state index is 0.477. The lowest BCUT2D eigenvalue weighted by molar-refractivity contribution is 1.01. The quantitative estimate of drug-likeness (QED) is 0.582. The minimum Gasteiger partial charge on any atom is -0.283 e. The van der Waals surface area contributed by atoms with Gasteiger partial charge in [0.05, 0.1) is 0 Å². The van der Waals surface area contributed by atoms with Crippen LogP contribution in [0.1, 0.15) is 0 Å². The molecular formula is C7H5N5O. The minimum atomic E-state index is -0.483. The van der Waals surface area contributed by atoms with Crippen molar-refractivity contribution in [1.29, 1.82) is 0 Å². The average molecular weight is 175 g/mol. The van der Waals surface area contributed by atoms with E-state index in [9.17, 15) is 4.79 Å². The lowest BCUT2D eigenvalue weighted by Crippen LogP contribution is -2.14. The summed E-state index contributed by atoms with van der Waals surface area (Å²) in [7, 11) is 0. The number of hydrogen-bond acceptors (Lipinski definition) is 5. The highest BCUT2D eigenvalue weighted by molar-refractivity contribution is 5.60. The van der Waals surface area contributed by atoms with E-state index in [-0.39, 0.29) is 0 Å². The molecular weight excluding hydrogens is 170 g/mol. The molecule has 2 N–H and O–H groups in total.